The largest absolute Gasteiger partial charge is 0.471 e. The molecule has 0 saturated carbocycles. The Hall–Kier alpha value is -2.87. The van der Waals surface area contributed by atoms with Crippen LogP contribution < -0.4 is 10.7 Å². The molecule has 5 nitrogen and oxygen atoms in total. The Morgan fingerprint density at radius 1 is 1.07 bits per heavy atom. The quantitative estimate of drug-likeness (QED) is 0.593. The predicted molar refractivity (Wildman–Crippen MR) is 96.6 cm³/mol. The van der Waals surface area contributed by atoms with E-state index >= 15 is 0 Å². The summed E-state index contributed by atoms with van der Waals surface area (Å²) in [5.74, 6) is -2.41. The molecule has 2 aromatic rings. The molecule has 0 radical (unpaired) electrons. The van der Waals surface area contributed by atoms with Crippen molar-refractivity contribution in [2.45, 2.75) is 19.5 Å². The van der Waals surface area contributed by atoms with Crippen molar-refractivity contribution in [1.82, 2.24) is 5.43 Å². The molecule has 0 aliphatic carbocycles. The zero-order valence-electron chi connectivity index (χ0n) is 14.1. The summed E-state index contributed by atoms with van der Waals surface area (Å²) in [4.78, 5) is 22.8. The molecule has 0 bridgehead atoms. The lowest BCUT2D eigenvalue weighted by molar-refractivity contribution is -0.167. The number of alkyl halides is 3. The topological polar surface area (TPSA) is 70.6 Å². The van der Waals surface area contributed by atoms with Crippen molar-refractivity contribution >= 4 is 34.8 Å². The SMILES string of the molecule is C/C(=N\NC(=O)Cc1ccccc1Cl)c1ccc(NC(=O)C(F)(F)F)cc1. The molecule has 0 heterocycles. The van der Waals surface area contributed by atoms with Crippen LogP contribution in [0.2, 0.25) is 5.02 Å². The molecule has 2 amide bonds. The molecule has 0 spiro atoms. The van der Waals surface area contributed by atoms with E-state index in [2.05, 4.69) is 10.5 Å². The molecule has 0 atom stereocenters. The van der Waals surface area contributed by atoms with Gasteiger partial charge in [0.15, 0.2) is 0 Å². The van der Waals surface area contributed by atoms with Gasteiger partial charge in [-0.05, 0) is 36.2 Å². The molecular formula is C18H15ClF3N3O2. The summed E-state index contributed by atoms with van der Waals surface area (Å²) in [6, 6.07) is 12.5. The van der Waals surface area contributed by atoms with Gasteiger partial charge in [-0.1, -0.05) is 41.9 Å². The lowest BCUT2D eigenvalue weighted by Gasteiger charge is -2.09. The van der Waals surface area contributed by atoms with Crippen LogP contribution in [0.4, 0.5) is 18.9 Å². The second-order valence-electron chi connectivity index (χ2n) is 5.53. The van der Waals surface area contributed by atoms with Crippen LogP contribution in [0.25, 0.3) is 0 Å². The number of nitrogens with zero attached hydrogens (tertiary/aromatic N) is 1. The number of hydrogen-bond acceptors (Lipinski definition) is 3. The van der Waals surface area contributed by atoms with Crippen LogP contribution in [0.5, 0.6) is 0 Å². The van der Waals surface area contributed by atoms with Gasteiger partial charge in [0.2, 0.25) is 5.91 Å². The van der Waals surface area contributed by atoms with E-state index in [0.717, 1.165) is 0 Å². The maximum absolute atomic E-state index is 12.2. The van der Waals surface area contributed by atoms with E-state index in [1.165, 1.54) is 24.3 Å². The Bertz CT molecular complexity index is 865. The van der Waals surface area contributed by atoms with Crippen LogP contribution in [0.15, 0.2) is 53.6 Å². The lowest BCUT2D eigenvalue weighted by Crippen LogP contribution is -2.29. The van der Waals surface area contributed by atoms with Crippen LogP contribution in [0.1, 0.15) is 18.1 Å². The highest BCUT2D eigenvalue weighted by Crippen LogP contribution is 2.19. The molecule has 2 aromatic carbocycles. The van der Waals surface area contributed by atoms with Crippen LogP contribution in [0, 0.1) is 0 Å². The highest BCUT2D eigenvalue weighted by molar-refractivity contribution is 6.31. The smallest absolute Gasteiger partial charge is 0.318 e. The maximum atomic E-state index is 12.2. The van der Waals surface area contributed by atoms with Crippen molar-refractivity contribution in [1.29, 1.82) is 0 Å². The first-order valence-corrected chi connectivity index (χ1v) is 8.10. The molecule has 0 aliphatic rings. The summed E-state index contributed by atoms with van der Waals surface area (Å²) < 4.78 is 36.7. The Labute approximate surface area is 158 Å². The zero-order valence-corrected chi connectivity index (χ0v) is 14.9. The third kappa shape index (κ3) is 6.10. The average molecular weight is 398 g/mol. The number of benzene rings is 2. The van der Waals surface area contributed by atoms with Gasteiger partial charge in [0.25, 0.3) is 0 Å². The number of halogens is 4. The fourth-order valence-corrected chi connectivity index (χ4v) is 2.26. The molecule has 0 fully saturated rings. The van der Waals surface area contributed by atoms with E-state index in [-0.39, 0.29) is 18.0 Å². The predicted octanol–water partition coefficient (Wildman–Crippen LogP) is 3.92. The normalized spacial score (nSPS) is 11.8. The van der Waals surface area contributed by atoms with Crippen LogP contribution >= 0.6 is 11.6 Å². The van der Waals surface area contributed by atoms with Gasteiger partial charge in [0, 0.05) is 10.7 Å². The van der Waals surface area contributed by atoms with Crippen molar-refractivity contribution in [3.05, 3.63) is 64.7 Å². The number of anilines is 1. The number of carbonyl (C=O) groups is 2. The number of carbonyl (C=O) groups excluding carboxylic acids is 2. The van der Waals surface area contributed by atoms with E-state index in [1.54, 1.807) is 36.5 Å². The van der Waals surface area contributed by atoms with Crippen molar-refractivity contribution in [2.24, 2.45) is 5.10 Å². The van der Waals surface area contributed by atoms with Crippen LogP contribution in [-0.4, -0.2) is 23.7 Å². The highest BCUT2D eigenvalue weighted by Gasteiger charge is 2.38. The number of hydrazone groups is 1. The maximum Gasteiger partial charge on any atom is 0.471 e. The first-order chi connectivity index (χ1) is 12.7. The van der Waals surface area contributed by atoms with Crippen molar-refractivity contribution in [3.8, 4) is 0 Å². The Kier molecular flexibility index (Phi) is 6.57. The monoisotopic (exact) mass is 397 g/mol. The van der Waals surface area contributed by atoms with E-state index in [1.807, 2.05) is 0 Å². The zero-order chi connectivity index (χ0) is 20.0. The van der Waals surface area contributed by atoms with Gasteiger partial charge in [-0.25, -0.2) is 5.43 Å². The van der Waals surface area contributed by atoms with E-state index in [0.29, 0.717) is 21.9 Å². The Balaban J connectivity index is 1.96. The number of hydrogen-bond donors (Lipinski definition) is 2. The molecule has 0 aromatic heterocycles. The van der Waals surface area contributed by atoms with Crippen molar-refractivity contribution < 1.29 is 22.8 Å². The first-order valence-electron chi connectivity index (χ1n) is 7.72. The minimum Gasteiger partial charge on any atom is -0.318 e. The number of rotatable bonds is 5. The van der Waals surface area contributed by atoms with Gasteiger partial charge >= 0.3 is 12.1 Å². The van der Waals surface area contributed by atoms with Gasteiger partial charge in [-0.2, -0.15) is 18.3 Å². The fourth-order valence-electron chi connectivity index (χ4n) is 2.06. The van der Waals surface area contributed by atoms with Gasteiger partial charge < -0.3 is 5.32 Å². The standard InChI is InChI=1S/C18H15ClF3N3O2/c1-11(24-25-16(26)10-13-4-2-3-5-15(13)19)12-6-8-14(9-7-12)23-17(27)18(20,21)22/h2-9H,10H2,1H3,(H,23,27)(H,25,26)/b24-11+. The minimum absolute atomic E-state index is 0.00312. The second-order valence-corrected chi connectivity index (χ2v) is 5.94. The van der Waals surface area contributed by atoms with Gasteiger partial charge in [0.1, 0.15) is 0 Å². The molecule has 0 unspecified atom stereocenters. The van der Waals surface area contributed by atoms with Crippen LogP contribution in [0.3, 0.4) is 0 Å². The molecule has 2 rings (SSSR count). The summed E-state index contributed by atoms with van der Waals surface area (Å²) in [7, 11) is 0. The van der Waals surface area contributed by atoms with Crippen molar-refractivity contribution in [2.75, 3.05) is 5.32 Å². The molecular weight excluding hydrogens is 383 g/mol. The van der Waals surface area contributed by atoms with Crippen molar-refractivity contribution in [3.63, 3.8) is 0 Å². The fraction of sp³-hybridized carbons (Fsp3) is 0.167. The molecule has 9 heteroatoms. The first kappa shape index (κ1) is 20.4. The van der Waals surface area contributed by atoms with E-state index in [9.17, 15) is 22.8 Å². The average Bonchev–Trinajstić information content (AvgIpc) is 2.61. The molecule has 2 N–H and O–H groups in total. The van der Waals surface area contributed by atoms with E-state index < -0.39 is 12.1 Å². The van der Waals surface area contributed by atoms with Crippen LogP contribution in [-0.2, 0) is 16.0 Å². The second kappa shape index (κ2) is 8.68. The van der Waals surface area contributed by atoms with Gasteiger partial charge in [0.05, 0.1) is 12.1 Å². The third-order valence-electron chi connectivity index (χ3n) is 3.48. The summed E-state index contributed by atoms with van der Waals surface area (Å²) in [6.45, 7) is 1.62. The Morgan fingerprint density at radius 3 is 2.30 bits per heavy atom. The van der Waals surface area contributed by atoms with Gasteiger partial charge in [-0.15, -0.1) is 0 Å². The number of amides is 2. The van der Waals surface area contributed by atoms with E-state index in [4.69, 9.17) is 11.6 Å². The summed E-state index contributed by atoms with van der Waals surface area (Å²) in [6.07, 6.45) is -4.90. The summed E-state index contributed by atoms with van der Waals surface area (Å²) in [5, 5.41) is 6.18. The molecule has 27 heavy (non-hydrogen) atoms. The third-order valence-corrected chi connectivity index (χ3v) is 3.84. The molecule has 0 saturated heterocycles. The molecule has 0 aliphatic heterocycles. The Morgan fingerprint density at radius 2 is 1.70 bits per heavy atom. The lowest BCUT2D eigenvalue weighted by atomic mass is 10.1. The highest BCUT2D eigenvalue weighted by atomic mass is 35.5. The minimum atomic E-state index is -4.96. The molecule has 142 valence electrons. The summed E-state index contributed by atoms with van der Waals surface area (Å²) in [5.41, 5.74) is 4.06. The summed E-state index contributed by atoms with van der Waals surface area (Å²) >= 11 is 5.99. The number of nitrogens with one attached hydrogen (secondary N) is 2. The van der Waals surface area contributed by atoms with Gasteiger partial charge in [-0.3, -0.25) is 9.59 Å².